The fraction of sp³-hybridized carbons (Fsp3) is 0.333. The van der Waals surface area contributed by atoms with E-state index in [-0.39, 0.29) is 0 Å². The molecule has 68 valence electrons. The van der Waals surface area contributed by atoms with E-state index in [1.165, 1.54) is 6.33 Å². The Hall–Kier alpha value is -1.76. The van der Waals surface area contributed by atoms with Crippen molar-refractivity contribution in [1.82, 2.24) is 9.97 Å². The maximum atomic E-state index is 5.69. The molecule has 0 atom stereocenters. The van der Waals surface area contributed by atoms with Gasteiger partial charge in [0.15, 0.2) is 5.82 Å². The normalized spacial score (nSPS) is 9.23. The fourth-order valence-electron chi connectivity index (χ4n) is 1.04. The van der Waals surface area contributed by atoms with E-state index in [2.05, 4.69) is 15.9 Å². The SMILES string of the molecule is C#CCN(CC)c1ncncc1N. The molecule has 0 saturated heterocycles. The minimum Gasteiger partial charge on any atom is -0.394 e. The molecule has 0 bridgehead atoms. The molecule has 1 aromatic heterocycles. The lowest BCUT2D eigenvalue weighted by molar-refractivity contribution is 0.889. The van der Waals surface area contributed by atoms with Gasteiger partial charge in [0.25, 0.3) is 0 Å². The van der Waals surface area contributed by atoms with Crippen LogP contribution in [0.15, 0.2) is 12.5 Å². The van der Waals surface area contributed by atoms with Crippen molar-refractivity contribution in [3.63, 3.8) is 0 Å². The lowest BCUT2D eigenvalue weighted by atomic mass is 10.4. The molecule has 0 aliphatic carbocycles. The Labute approximate surface area is 77.8 Å². The molecule has 0 fully saturated rings. The molecule has 4 nitrogen and oxygen atoms in total. The second-order valence-corrected chi connectivity index (χ2v) is 2.52. The Morgan fingerprint density at radius 2 is 2.46 bits per heavy atom. The Morgan fingerprint density at radius 3 is 3.00 bits per heavy atom. The number of aromatic nitrogens is 2. The first-order valence-electron chi connectivity index (χ1n) is 4.03. The number of hydrogen-bond donors (Lipinski definition) is 1. The molecular formula is C9H12N4. The average molecular weight is 176 g/mol. The molecule has 0 aliphatic heterocycles. The summed E-state index contributed by atoms with van der Waals surface area (Å²) in [6.07, 6.45) is 8.25. The number of terminal acetylenes is 1. The van der Waals surface area contributed by atoms with Gasteiger partial charge in [-0.1, -0.05) is 5.92 Å². The lowest BCUT2D eigenvalue weighted by Gasteiger charge is -2.19. The molecule has 0 aliphatic rings. The van der Waals surface area contributed by atoms with Crippen molar-refractivity contribution in [2.45, 2.75) is 6.92 Å². The number of nitrogen functional groups attached to an aromatic ring is 1. The quantitative estimate of drug-likeness (QED) is 0.682. The van der Waals surface area contributed by atoms with Crippen molar-refractivity contribution >= 4 is 11.5 Å². The molecule has 1 aromatic rings. The summed E-state index contributed by atoms with van der Waals surface area (Å²) in [6.45, 7) is 3.29. The monoisotopic (exact) mass is 176 g/mol. The minimum atomic E-state index is 0.512. The lowest BCUT2D eigenvalue weighted by Crippen LogP contribution is -2.25. The van der Waals surface area contributed by atoms with E-state index in [0.717, 1.165) is 6.54 Å². The summed E-state index contributed by atoms with van der Waals surface area (Å²) in [5.74, 6) is 3.26. The van der Waals surface area contributed by atoms with Crippen molar-refractivity contribution in [3.05, 3.63) is 12.5 Å². The van der Waals surface area contributed by atoms with Gasteiger partial charge in [-0.3, -0.25) is 0 Å². The smallest absolute Gasteiger partial charge is 0.156 e. The zero-order chi connectivity index (χ0) is 9.68. The first-order chi connectivity index (χ1) is 6.29. The van der Waals surface area contributed by atoms with Crippen LogP contribution in [0.3, 0.4) is 0 Å². The first kappa shape index (κ1) is 9.33. The summed E-state index contributed by atoms with van der Waals surface area (Å²) in [6, 6.07) is 0. The number of hydrogen-bond acceptors (Lipinski definition) is 4. The Bertz CT molecular complexity index is 316. The third-order valence-electron chi connectivity index (χ3n) is 1.68. The Balaban J connectivity index is 2.92. The average Bonchev–Trinajstić information content (AvgIpc) is 2.16. The summed E-state index contributed by atoms with van der Waals surface area (Å²) >= 11 is 0. The van der Waals surface area contributed by atoms with Gasteiger partial charge in [0.05, 0.1) is 18.4 Å². The second-order valence-electron chi connectivity index (χ2n) is 2.52. The molecule has 0 unspecified atom stereocenters. The van der Waals surface area contributed by atoms with Gasteiger partial charge >= 0.3 is 0 Å². The summed E-state index contributed by atoms with van der Waals surface area (Å²) in [5.41, 5.74) is 6.25. The predicted molar refractivity (Wildman–Crippen MR) is 53.2 cm³/mol. The van der Waals surface area contributed by atoms with Crippen molar-refractivity contribution < 1.29 is 0 Å². The molecule has 0 aromatic carbocycles. The van der Waals surface area contributed by atoms with Crippen LogP contribution in [-0.2, 0) is 0 Å². The second kappa shape index (κ2) is 4.31. The predicted octanol–water partition coefficient (Wildman–Crippen LogP) is 0.518. The van der Waals surface area contributed by atoms with Gasteiger partial charge in [0, 0.05) is 6.54 Å². The van der Waals surface area contributed by atoms with Gasteiger partial charge in [-0.05, 0) is 6.92 Å². The van der Waals surface area contributed by atoms with Gasteiger partial charge in [-0.2, -0.15) is 0 Å². The van der Waals surface area contributed by atoms with Crippen LogP contribution < -0.4 is 10.6 Å². The minimum absolute atomic E-state index is 0.512. The molecule has 1 heterocycles. The van der Waals surface area contributed by atoms with E-state index in [4.69, 9.17) is 12.2 Å². The topological polar surface area (TPSA) is 55.0 Å². The summed E-state index contributed by atoms with van der Waals surface area (Å²) in [7, 11) is 0. The van der Waals surface area contributed by atoms with Crippen LogP contribution in [0.5, 0.6) is 0 Å². The van der Waals surface area contributed by atoms with Crippen LogP contribution in [-0.4, -0.2) is 23.1 Å². The molecule has 1 rings (SSSR count). The van der Waals surface area contributed by atoms with E-state index >= 15 is 0 Å². The largest absolute Gasteiger partial charge is 0.394 e. The van der Waals surface area contributed by atoms with E-state index in [1.54, 1.807) is 6.20 Å². The van der Waals surface area contributed by atoms with Crippen molar-refractivity contribution in [2.75, 3.05) is 23.7 Å². The zero-order valence-electron chi connectivity index (χ0n) is 7.57. The highest BCUT2D eigenvalue weighted by Crippen LogP contribution is 2.16. The Morgan fingerprint density at radius 1 is 1.69 bits per heavy atom. The molecule has 0 spiro atoms. The number of nitrogens with zero attached hydrogens (tertiary/aromatic N) is 3. The van der Waals surface area contributed by atoms with Crippen LogP contribution >= 0.6 is 0 Å². The highest BCUT2D eigenvalue weighted by atomic mass is 15.2. The molecule has 4 heteroatoms. The van der Waals surface area contributed by atoms with E-state index in [9.17, 15) is 0 Å². The summed E-state index contributed by atoms with van der Waals surface area (Å²) < 4.78 is 0. The zero-order valence-corrected chi connectivity index (χ0v) is 7.57. The maximum Gasteiger partial charge on any atom is 0.156 e. The van der Waals surface area contributed by atoms with Crippen LogP contribution in [0.4, 0.5) is 11.5 Å². The third-order valence-corrected chi connectivity index (χ3v) is 1.68. The van der Waals surface area contributed by atoms with Crippen molar-refractivity contribution in [3.8, 4) is 12.3 Å². The van der Waals surface area contributed by atoms with E-state index in [1.807, 2.05) is 11.8 Å². The van der Waals surface area contributed by atoms with Crippen molar-refractivity contribution in [1.29, 1.82) is 0 Å². The van der Waals surface area contributed by atoms with Gasteiger partial charge in [0.2, 0.25) is 0 Å². The van der Waals surface area contributed by atoms with Crippen molar-refractivity contribution in [2.24, 2.45) is 0 Å². The van der Waals surface area contributed by atoms with Crippen LogP contribution in [0.1, 0.15) is 6.92 Å². The molecule has 0 radical (unpaired) electrons. The summed E-state index contributed by atoms with van der Waals surface area (Å²) in [4.78, 5) is 9.78. The number of nitrogens with two attached hydrogens (primary N) is 1. The Kier molecular flexibility index (Phi) is 3.09. The third kappa shape index (κ3) is 2.09. The van der Waals surface area contributed by atoms with Gasteiger partial charge in [-0.15, -0.1) is 6.42 Å². The van der Waals surface area contributed by atoms with Gasteiger partial charge < -0.3 is 10.6 Å². The molecule has 13 heavy (non-hydrogen) atoms. The number of anilines is 2. The fourth-order valence-corrected chi connectivity index (χ4v) is 1.04. The van der Waals surface area contributed by atoms with Crippen LogP contribution in [0.2, 0.25) is 0 Å². The standard InChI is InChI=1S/C9H12N4/c1-3-5-13(4-2)9-8(10)6-11-7-12-9/h1,6-7H,4-5,10H2,2H3. The highest BCUT2D eigenvalue weighted by Gasteiger charge is 2.06. The molecule has 0 saturated carbocycles. The van der Waals surface area contributed by atoms with Gasteiger partial charge in [-0.25, -0.2) is 9.97 Å². The number of rotatable bonds is 3. The van der Waals surface area contributed by atoms with Gasteiger partial charge in [0.1, 0.15) is 6.33 Å². The first-order valence-corrected chi connectivity index (χ1v) is 4.03. The van der Waals surface area contributed by atoms with Crippen LogP contribution in [0.25, 0.3) is 0 Å². The molecule has 2 N–H and O–H groups in total. The molecular weight excluding hydrogens is 164 g/mol. The maximum absolute atomic E-state index is 5.69. The van der Waals surface area contributed by atoms with E-state index < -0.39 is 0 Å². The van der Waals surface area contributed by atoms with E-state index in [0.29, 0.717) is 18.1 Å². The summed E-state index contributed by atoms with van der Waals surface area (Å²) in [5, 5.41) is 0. The molecule has 0 amide bonds. The highest BCUT2D eigenvalue weighted by molar-refractivity contribution is 5.61. The van der Waals surface area contributed by atoms with Crippen LogP contribution in [0, 0.1) is 12.3 Å².